The molecule has 3 rings (SSSR count). The molecule has 0 aliphatic carbocycles. The van der Waals surface area contributed by atoms with E-state index >= 15 is 0 Å². The van der Waals surface area contributed by atoms with Crippen LogP contribution in [0.25, 0.3) is 0 Å². The first-order chi connectivity index (χ1) is 14.8. The first kappa shape index (κ1) is 23.3. The summed E-state index contributed by atoms with van der Waals surface area (Å²) in [5.74, 6) is -0.422. The summed E-state index contributed by atoms with van der Waals surface area (Å²) >= 11 is 1.40. The van der Waals surface area contributed by atoms with E-state index in [1.165, 1.54) is 11.3 Å². The van der Waals surface area contributed by atoms with Crippen molar-refractivity contribution in [1.29, 1.82) is 0 Å². The highest BCUT2D eigenvalue weighted by Gasteiger charge is 2.31. The Bertz CT molecular complexity index is 930. The maximum Gasteiger partial charge on any atom is 0.311 e. The monoisotopic (exact) mass is 444 g/mol. The molecule has 31 heavy (non-hydrogen) atoms. The zero-order chi connectivity index (χ0) is 22.5. The van der Waals surface area contributed by atoms with Gasteiger partial charge in [-0.25, -0.2) is 0 Å². The summed E-state index contributed by atoms with van der Waals surface area (Å²) in [6, 6.07) is 5.53. The van der Waals surface area contributed by atoms with E-state index in [-0.39, 0.29) is 24.2 Å². The predicted octanol–water partition coefficient (Wildman–Crippen LogP) is 4.49. The highest BCUT2D eigenvalue weighted by atomic mass is 32.1. The molecule has 1 atom stereocenters. The number of hydrogen-bond acceptors (Lipinski definition) is 5. The van der Waals surface area contributed by atoms with E-state index in [1.54, 1.807) is 11.0 Å². The van der Waals surface area contributed by atoms with Crippen LogP contribution < -0.4 is 0 Å². The van der Waals surface area contributed by atoms with Gasteiger partial charge in [0.05, 0.1) is 10.8 Å². The third kappa shape index (κ3) is 5.64. The zero-order valence-corrected chi connectivity index (χ0v) is 19.7. The van der Waals surface area contributed by atoms with Crippen molar-refractivity contribution in [3.63, 3.8) is 0 Å². The molecule has 1 aliphatic rings. The van der Waals surface area contributed by atoms with Crippen molar-refractivity contribution >= 4 is 29.0 Å². The largest absolute Gasteiger partial charge is 0.457 e. The van der Waals surface area contributed by atoms with Gasteiger partial charge in [-0.3, -0.25) is 14.4 Å². The Labute approximate surface area is 188 Å². The lowest BCUT2D eigenvalue weighted by Crippen LogP contribution is -2.42. The number of ketones is 1. The summed E-state index contributed by atoms with van der Waals surface area (Å²) in [7, 11) is 0. The Hall–Kier alpha value is -2.41. The van der Waals surface area contributed by atoms with Gasteiger partial charge in [-0.05, 0) is 56.5 Å². The lowest BCUT2D eigenvalue weighted by Gasteiger charge is -2.31. The molecule has 0 radical (unpaired) electrons. The summed E-state index contributed by atoms with van der Waals surface area (Å²) in [5, 5.41) is 1.87. The number of hydrogen-bond donors (Lipinski definition) is 0. The number of rotatable bonds is 8. The minimum absolute atomic E-state index is 0.0441. The highest BCUT2D eigenvalue weighted by Crippen LogP contribution is 2.22. The summed E-state index contributed by atoms with van der Waals surface area (Å²) < 4.78 is 7.54. The first-order valence-electron chi connectivity index (χ1n) is 11.0. The summed E-state index contributed by atoms with van der Waals surface area (Å²) in [4.78, 5) is 40.3. The normalized spacial score (nSPS) is 16.5. The molecule has 3 heterocycles. The molecular formula is C24H32N2O4S. The van der Waals surface area contributed by atoms with Gasteiger partial charge < -0.3 is 14.2 Å². The fourth-order valence-electron chi connectivity index (χ4n) is 4.06. The van der Waals surface area contributed by atoms with E-state index in [4.69, 9.17) is 4.74 Å². The van der Waals surface area contributed by atoms with Crippen LogP contribution in [-0.2, 0) is 16.1 Å². The van der Waals surface area contributed by atoms with E-state index in [0.29, 0.717) is 35.9 Å². The average Bonchev–Trinajstić information content (AvgIpc) is 3.38. The van der Waals surface area contributed by atoms with Gasteiger partial charge in [-0.1, -0.05) is 19.9 Å². The van der Waals surface area contributed by atoms with Crippen LogP contribution in [0, 0.1) is 25.7 Å². The maximum atomic E-state index is 12.7. The van der Waals surface area contributed by atoms with Crippen molar-refractivity contribution in [3.05, 3.63) is 45.4 Å². The molecule has 6 nitrogen and oxygen atoms in total. The molecule has 0 saturated carbocycles. The number of ether oxygens (including phenoxy) is 1. The number of likely N-dealkylation sites (tertiary alicyclic amines) is 1. The van der Waals surface area contributed by atoms with Crippen molar-refractivity contribution in [2.75, 3.05) is 19.7 Å². The number of piperidine rings is 1. The molecule has 1 saturated heterocycles. The van der Waals surface area contributed by atoms with E-state index < -0.39 is 5.97 Å². The minimum Gasteiger partial charge on any atom is -0.457 e. The molecule has 0 aromatic carbocycles. The van der Waals surface area contributed by atoms with E-state index in [0.717, 1.165) is 30.8 Å². The predicted molar refractivity (Wildman–Crippen MR) is 122 cm³/mol. The Balaban J connectivity index is 1.56. The minimum atomic E-state index is -0.398. The Kier molecular flexibility index (Phi) is 7.70. The van der Waals surface area contributed by atoms with Crippen molar-refractivity contribution in [1.82, 2.24) is 9.47 Å². The second-order valence-corrected chi connectivity index (χ2v) is 9.67. The Morgan fingerprint density at radius 2 is 2.03 bits per heavy atom. The maximum absolute atomic E-state index is 12.7. The number of aryl methyl sites for hydroxylation is 1. The lowest BCUT2D eigenvalue weighted by atomic mass is 9.98. The van der Waals surface area contributed by atoms with Crippen LogP contribution in [0.2, 0.25) is 0 Å². The Morgan fingerprint density at radius 1 is 1.26 bits per heavy atom. The van der Waals surface area contributed by atoms with Gasteiger partial charge >= 0.3 is 5.97 Å². The molecule has 2 aromatic heterocycles. The average molecular weight is 445 g/mol. The number of Topliss-reactive ketones (excluding diaryl/α,β-unsaturated/α-hetero) is 1. The SMILES string of the molecule is Cc1cc(C(=O)COC(=O)C2CCCN(C(=O)c3cccs3)C2)c(C)n1CCC(C)C. The lowest BCUT2D eigenvalue weighted by molar-refractivity contribution is -0.148. The fraction of sp³-hybridized carbons (Fsp3) is 0.542. The number of aromatic nitrogens is 1. The van der Waals surface area contributed by atoms with Crippen LogP contribution in [0.3, 0.4) is 0 Å². The summed E-state index contributed by atoms with van der Waals surface area (Å²) in [5.41, 5.74) is 2.58. The topological polar surface area (TPSA) is 68.6 Å². The molecule has 1 amide bonds. The van der Waals surface area contributed by atoms with E-state index in [9.17, 15) is 14.4 Å². The zero-order valence-electron chi connectivity index (χ0n) is 18.8. The number of nitrogens with zero attached hydrogens (tertiary/aromatic N) is 2. The van der Waals surface area contributed by atoms with Crippen LogP contribution in [-0.4, -0.2) is 46.8 Å². The summed E-state index contributed by atoms with van der Waals surface area (Å²) in [6.45, 7) is 9.89. The van der Waals surface area contributed by atoms with Gasteiger partial charge in [0.1, 0.15) is 0 Å². The fourth-order valence-corrected chi connectivity index (χ4v) is 4.75. The third-order valence-electron chi connectivity index (χ3n) is 5.92. The Morgan fingerprint density at radius 3 is 2.71 bits per heavy atom. The van der Waals surface area contributed by atoms with Gasteiger partial charge in [0, 0.05) is 36.6 Å². The van der Waals surface area contributed by atoms with Gasteiger partial charge in [-0.2, -0.15) is 0 Å². The molecule has 7 heteroatoms. The summed E-state index contributed by atoms with van der Waals surface area (Å²) in [6.07, 6.45) is 2.47. The van der Waals surface area contributed by atoms with E-state index in [1.807, 2.05) is 31.4 Å². The van der Waals surface area contributed by atoms with Gasteiger partial charge in [0.2, 0.25) is 5.78 Å². The van der Waals surface area contributed by atoms with Crippen LogP contribution in [0.5, 0.6) is 0 Å². The smallest absolute Gasteiger partial charge is 0.311 e. The number of esters is 1. The van der Waals surface area contributed by atoms with Crippen molar-refractivity contribution < 1.29 is 19.1 Å². The molecule has 0 spiro atoms. The van der Waals surface area contributed by atoms with Crippen LogP contribution in [0.1, 0.15) is 64.5 Å². The second kappa shape index (κ2) is 10.3. The molecule has 1 fully saturated rings. The van der Waals surface area contributed by atoms with Gasteiger partial charge in [0.15, 0.2) is 6.61 Å². The van der Waals surface area contributed by atoms with Crippen LogP contribution in [0.15, 0.2) is 23.6 Å². The number of thiophene rings is 1. The van der Waals surface area contributed by atoms with Crippen molar-refractivity contribution in [3.8, 4) is 0 Å². The van der Waals surface area contributed by atoms with Gasteiger partial charge in [-0.15, -0.1) is 11.3 Å². The van der Waals surface area contributed by atoms with Crippen molar-refractivity contribution in [2.24, 2.45) is 11.8 Å². The number of carbonyl (C=O) groups is 3. The quantitative estimate of drug-likeness (QED) is 0.444. The highest BCUT2D eigenvalue weighted by molar-refractivity contribution is 7.12. The van der Waals surface area contributed by atoms with Gasteiger partial charge in [0.25, 0.3) is 5.91 Å². The molecule has 0 bridgehead atoms. The first-order valence-corrected chi connectivity index (χ1v) is 11.8. The third-order valence-corrected chi connectivity index (χ3v) is 6.78. The number of amides is 1. The van der Waals surface area contributed by atoms with Crippen molar-refractivity contribution in [2.45, 2.75) is 53.5 Å². The molecule has 2 aromatic rings. The molecular weight excluding hydrogens is 412 g/mol. The molecule has 0 N–H and O–H groups in total. The van der Waals surface area contributed by atoms with Crippen LogP contribution in [0.4, 0.5) is 0 Å². The number of carbonyl (C=O) groups excluding carboxylic acids is 3. The second-order valence-electron chi connectivity index (χ2n) is 8.72. The molecule has 168 valence electrons. The molecule has 1 aliphatic heterocycles. The molecule has 1 unspecified atom stereocenters. The van der Waals surface area contributed by atoms with E-state index in [2.05, 4.69) is 18.4 Å². The standard InChI is InChI=1S/C24H32N2O4S/c1-16(2)9-11-26-17(3)13-20(18(26)4)21(27)15-30-24(29)19-7-5-10-25(14-19)23(28)22-8-6-12-31-22/h6,8,12-13,16,19H,5,7,9-11,14-15H2,1-4H3. The van der Waals surface area contributed by atoms with Crippen LogP contribution >= 0.6 is 11.3 Å².